The summed E-state index contributed by atoms with van der Waals surface area (Å²) in [5, 5.41) is 9.99. The van der Waals surface area contributed by atoms with Gasteiger partial charge >= 0.3 is 0 Å². The first-order chi connectivity index (χ1) is 10.0. The maximum atomic E-state index is 12.4. The molecule has 108 valence electrons. The Morgan fingerprint density at radius 3 is 3.10 bits per heavy atom. The molecule has 0 fully saturated rings. The Hall–Kier alpha value is -2.41. The van der Waals surface area contributed by atoms with E-state index in [1.165, 1.54) is 4.68 Å². The van der Waals surface area contributed by atoms with Crippen molar-refractivity contribution in [3.63, 3.8) is 0 Å². The second kappa shape index (κ2) is 5.17. The van der Waals surface area contributed by atoms with Crippen molar-refractivity contribution in [2.24, 2.45) is 0 Å². The molecule has 8 heteroatoms. The van der Waals surface area contributed by atoms with Gasteiger partial charge in [0.05, 0.1) is 6.42 Å². The molecule has 7 nitrogen and oxygen atoms in total. The fraction of sp³-hybridized carbons (Fsp3) is 0.231. The predicted molar refractivity (Wildman–Crippen MR) is 77.1 cm³/mol. The maximum absolute atomic E-state index is 12.4. The highest BCUT2D eigenvalue weighted by Gasteiger charge is 2.32. The van der Waals surface area contributed by atoms with Gasteiger partial charge < -0.3 is 5.32 Å². The van der Waals surface area contributed by atoms with Gasteiger partial charge in [0.15, 0.2) is 0 Å². The number of hydrogen-bond acceptors (Lipinski definition) is 4. The summed E-state index contributed by atoms with van der Waals surface area (Å²) in [6.45, 7) is 1.70. The molecule has 0 saturated heterocycles. The molecule has 1 atom stereocenters. The monoisotopic (exact) mass is 305 g/mol. The number of aryl methyl sites for hydroxylation is 1. The van der Waals surface area contributed by atoms with Crippen LogP contribution in [0.15, 0.2) is 24.3 Å². The lowest BCUT2D eigenvalue weighted by Crippen LogP contribution is -2.36. The summed E-state index contributed by atoms with van der Waals surface area (Å²) in [6.07, 6.45) is 0.0161. The van der Waals surface area contributed by atoms with Gasteiger partial charge in [-0.2, -0.15) is 10.1 Å². The van der Waals surface area contributed by atoms with E-state index in [1.54, 1.807) is 31.2 Å². The average Bonchev–Trinajstić information content (AvgIpc) is 2.77. The van der Waals surface area contributed by atoms with Gasteiger partial charge in [0, 0.05) is 10.7 Å². The molecule has 2 aromatic rings. The second-order valence-electron chi connectivity index (χ2n) is 4.69. The average molecular weight is 306 g/mol. The van der Waals surface area contributed by atoms with Gasteiger partial charge in [0.25, 0.3) is 0 Å². The number of nitrogens with zero attached hydrogens (tertiary/aromatic N) is 3. The predicted octanol–water partition coefficient (Wildman–Crippen LogP) is 1.76. The van der Waals surface area contributed by atoms with Crippen molar-refractivity contribution in [3.8, 4) is 0 Å². The fourth-order valence-electron chi connectivity index (χ4n) is 2.17. The van der Waals surface area contributed by atoms with Crippen molar-refractivity contribution in [1.82, 2.24) is 14.8 Å². The van der Waals surface area contributed by atoms with E-state index in [1.807, 2.05) is 0 Å². The first-order valence-electron chi connectivity index (χ1n) is 6.32. The second-order valence-corrected chi connectivity index (χ2v) is 5.13. The maximum Gasteiger partial charge on any atom is 0.249 e. The number of aromatic nitrogens is 3. The molecule has 2 amide bonds. The van der Waals surface area contributed by atoms with E-state index >= 15 is 0 Å². The third-order valence-corrected chi connectivity index (χ3v) is 3.29. The lowest BCUT2D eigenvalue weighted by Gasteiger charge is -2.22. The summed E-state index contributed by atoms with van der Waals surface area (Å²) in [6, 6.07) is 6.07. The summed E-state index contributed by atoms with van der Waals surface area (Å²) < 4.78 is 1.43. The van der Waals surface area contributed by atoms with Gasteiger partial charge in [0.2, 0.25) is 17.8 Å². The zero-order chi connectivity index (χ0) is 15.0. The van der Waals surface area contributed by atoms with E-state index in [-0.39, 0.29) is 24.2 Å². The number of carbonyl (C=O) groups is 2. The van der Waals surface area contributed by atoms with Gasteiger partial charge in [0.1, 0.15) is 11.9 Å². The quantitative estimate of drug-likeness (QED) is 0.885. The third kappa shape index (κ3) is 2.73. The molecule has 0 spiro atoms. The Labute approximate surface area is 125 Å². The number of amides is 2. The van der Waals surface area contributed by atoms with Crippen molar-refractivity contribution in [3.05, 3.63) is 35.1 Å². The molecule has 1 aliphatic rings. The summed E-state index contributed by atoms with van der Waals surface area (Å²) in [5.74, 6) is 0.183. The molecule has 0 radical (unpaired) electrons. The van der Waals surface area contributed by atoms with Gasteiger partial charge in [-0.15, -0.1) is 0 Å². The molecule has 0 bridgehead atoms. The minimum atomic E-state index is -0.728. The molecule has 2 heterocycles. The molecule has 0 saturated carbocycles. The number of rotatable bonds is 2. The molecule has 1 unspecified atom stereocenters. The molecule has 1 aromatic heterocycles. The summed E-state index contributed by atoms with van der Waals surface area (Å²) in [4.78, 5) is 28.1. The Morgan fingerprint density at radius 1 is 1.52 bits per heavy atom. The van der Waals surface area contributed by atoms with E-state index < -0.39 is 6.04 Å². The van der Waals surface area contributed by atoms with E-state index in [4.69, 9.17) is 11.6 Å². The van der Waals surface area contributed by atoms with E-state index in [9.17, 15) is 9.59 Å². The number of carbonyl (C=O) groups excluding carboxylic acids is 2. The van der Waals surface area contributed by atoms with Crippen LogP contribution in [0.2, 0.25) is 5.02 Å². The van der Waals surface area contributed by atoms with Crippen LogP contribution in [-0.2, 0) is 9.59 Å². The lowest BCUT2D eigenvalue weighted by atomic mass is 10.1. The molecule has 0 aliphatic carbocycles. The SMILES string of the molecule is Cc1nc2n(n1)C(C(=O)Nc1cccc(Cl)c1)CC(=O)N2. The minimum absolute atomic E-state index is 0.0161. The molecule has 3 rings (SSSR count). The first-order valence-corrected chi connectivity index (χ1v) is 6.70. The topological polar surface area (TPSA) is 88.9 Å². The normalized spacial score (nSPS) is 17.0. The van der Waals surface area contributed by atoms with Crippen LogP contribution < -0.4 is 10.6 Å². The summed E-state index contributed by atoms with van der Waals surface area (Å²) >= 11 is 5.88. The number of benzene rings is 1. The Morgan fingerprint density at radius 2 is 2.33 bits per heavy atom. The highest BCUT2D eigenvalue weighted by atomic mass is 35.5. The van der Waals surface area contributed by atoms with Crippen molar-refractivity contribution in [1.29, 1.82) is 0 Å². The molecule has 2 N–H and O–H groups in total. The van der Waals surface area contributed by atoms with E-state index in [0.29, 0.717) is 16.5 Å². The first kappa shape index (κ1) is 13.6. The van der Waals surface area contributed by atoms with Gasteiger partial charge in [-0.25, -0.2) is 4.68 Å². The Balaban J connectivity index is 1.86. The number of nitrogens with one attached hydrogen (secondary N) is 2. The van der Waals surface area contributed by atoms with Gasteiger partial charge in [-0.05, 0) is 25.1 Å². The Bertz CT molecular complexity index is 727. The van der Waals surface area contributed by atoms with Crippen molar-refractivity contribution < 1.29 is 9.59 Å². The zero-order valence-corrected chi connectivity index (χ0v) is 11.9. The van der Waals surface area contributed by atoms with Crippen LogP contribution in [0, 0.1) is 6.92 Å². The number of anilines is 2. The van der Waals surface area contributed by atoms with Crippen molar-refractivity contribution >= 4 is 35.1 Å². The Kier molecular flexibility index (Phi) is 3.34. The van der Waals surface area contributed by atoms with Crippen LogP contribution in [0.25, 0.3) is 0 Å². The number of halogens is 1. The fourth-order valence-corrected chi connectivity index (χ4v) is 2.36. The van der Waals surface area contributed by atoms with E-state index in [2.05, 4.69) is 20.7 Å². The standard InChI is InChI=1S/C13H12ClN5O2/c1-7-15-13-17-11(20)6-10(19(13)18-7)12(21)16-9-4-2-3-8(14)5-9/h2-5,10H,6H2,1H3,(H,16,21)(H,15,17,18,20). The van der Waals surface area contributed by atoms with Gasteiger partial charge in [-0.3, -0.25) is 14.9 Å². The van der Waals surface area contributed by atoms with Gasteiger partial charge in [-0.1, -0.05) is 17.7 Å². The smallest absolute Gasteiger partial charge is 0.249 e. The van der Waals surface area contributed by atoms with Crippen LogP contribution in [0.4, 0.5) is 11.6 Å². The molecule has 1 aliphatic heterocycles. The van der Waals surface area contributed by atoms with Crippen molar-refractivity contribution in [2.45, 2.75) is 19.4 Å². The van der Waals surface area contributed by atoms with Crippen molar-refractivity contribution in [2.75, 3.05) is 10.6 Å². The minimum Gasteiger partial charge on any atom is -0.324 e. The highest BCUT2D eigenvalue weighted by molar-refractivity contribution is 6.30. The van der Waals surface area contributed by atoms with Crippen LogP contribution in [0.1, 0.15) is 18.3 Å². The number of hydrogen-bond donors (Lipinski definition) is 2. The number of fused-ring (bicyclic) bond motifs is 1. The molecule has 21 heavy (non-hydrogen) atoms. The molecule has 1 aromatic carbocycles. The van der Waals surface area contributed by atoms with Crippen LogP contribution in [0.5, 0.6) is 0 Å². The third-order valence-electron chi connectivity index (χ3n) is 3.06. The highest BCUT2D eigenvalue weighted by Crippen LogP contribution is 2.24. The van der Waals surface area contributed by atoms with E-state index in [0.717, 1.165) is 0 Å². The van der Waals surface area contributed by atoms with Crippen LogP contribution >= 0.6 is 11.6 Å². The lowest BCUT2D eigenvalue weighted by molar-refractivity contribution is -0.125. The summed E-state index contributed by atoms with van der Waals surface area (Å²) in [5.41, 5.74) is 0.567. The zero-order valence-electron chi connectivity index (χ0n) is 11.1. The molecular formula is C13H12ClN5O2. The largest absolute Gasteiger partial charge is 0.324 e. The summed E-state index contributed by atoms with van der Waals surface area (Å²) in [7, 11) is 0. The van der Waals surface area contributed by atoms with Crippen LogP contribution in [0.3, 0.4) is 0 Å². The molecular weight excluding hydrogens is 294 g/mol. The van der Waals surface area contributed by atoms with Crippen LogP contribution in [-0.4, -0.2) is 26.6 Å².